The molecule has 0 radical (unpaired) electrons. The molecule has 0 spiro atoms. The first-order valence-corrected chi connectivity index (χ1v) is 9.13. The molecular formula is C22H24BrO3P. The van der Waals surface area contributed by atoms with Crippen LogP contribution in [0.2, 0.25) is 0 Å². The quantitative estimate of drug-likeness (QED) is 0.425. The summed E-state index contributed by atoms with van der Waals surface area (Å²) in [5.74, 6) is 2.50. The molecule has 0 bridgehead atoms. The second-order valence-electron chi connectivity index (χ2n) is 6.01. The molecule has 0 aromatic heterocycles. The fourth-order valence-electron chi connectivity index (χ4n) is 3.43. The van der Waals surface area contributed by atoms with Crippen molar-refractivity contribution in [1.29, 1.82) is 0 Å². The first-order valence-electron chi connectivity index (χ1n) is 8.42. The summed E-state index contributed by atoms with van der Waals surface area (Å²) in [5, 5.41) is -0.494. The van der Waals surface area contributed by atoms with Crippen LogP contribution in [0, 0.1) is 0 Å². The van der Waals surface area contributed by atoms with Crippen LogP contribution in [0.25, 0.3) is 0 Å². The van der Waals surface area contributed by atoms with E-state index in [0.717, 1.165) is 33.9 Å². The van der Waals surface area contributed by atoms with E-state index in [4.69, 9.17) is 14.2 Å². The molecule has 3 aromatic rings. The molecule has 0 saturated carbocycles. The third-order valence-corrected chi connectivity index (χ3v) is 5.84. The molecule has 0 aliphatic rings. The number of ether oxygens (including phenoxy) is 3. The van der Waals surface area contributed by atoms with Crippen LogP contribution in [0.4, 0.5) is 0 Å². The van der Waals surface area contributed by atoms with Gasteiger partial charge in [-0.1, -0.05) is 54.6 Å². The Bertz CT molecular complexity index is 782. The van der Waals surface area contributed by atoms with Crippen LogP contribution in [0.3, 0.4) is 0 Å². The highest BCUT2D eigenvalue weighted by Gasteiger charge is 2.43. The van der Waals surface area contributed by atoms with Crippen molar-refractivity contribution in [3.63, 3.8) is 0 Å². The molecule has 0 heterocycles. The van der Waals surface area contributed by atoms with E-state index in [1.807, 2.05) is 63.8 Å². The molecule has 142 valence electrons. The summed E-state index contributed by atoms with van der Waals surface area (Å²) in [7, 11) is 7.01. The minimum atomic E-state index is -0.494. The Balaban J connectivity index is 0.00000261. The fraction of sp³-hybridized carbons (Fsp3) is 0.182. The highest BCUT2D eigenvalue weighted by atomic mass is 79.9. The molecule has 5 heteroatoms. The number of hydrogen-bond donors (Lipinski definition) is 0. The molecule has 0 aliphatic carbocycles. The number of halogens is 1. The lowest BCUT2D eigenvalue weighted by Gasteiger charge is -2.30. The Morgan fingerprint density at radius 1 is 0.556 bits per heavy atom. The van der Waals surface area contributed by atoms with E-state index in [0.29, 0.717) is 0 Å². The summed E-state index contributed by atoms with van der Waals surface area (Å²) in [6.07, 6.45) is 0. The lowest BCUT2D eigenvalue weighted by atomic mass is 9.82. The molecule has 0 amide bonds. The number of hydrogen-bond acceptors (Lipinski definition) is 3. The van der Waals surface area contributed by atoms with Crippen LogP contribution >= 0.6 is 9.24 Å². The normalized spacial score (nSPS) is 10.8. The van der Waals surface area contributed by atoms with Gasteiger partial charge in [0.1, 0.15) is 17.2 Å². The summed E-state index contributed by atoms with van der Waals surface area (Å²) in [5.41, 5.74) is 3.19. The Kier molecular flexibility index (Phi) is 7.29. The molecular weight excluding hydrogens is 423 g/mol. The van der Waals surface area contributed by atoms with E-state index in [2.05, 4.69) is 18.2 Å². The Morgan fingerprint density at radius 3 is 1.07 bits per heavy atom. The average molecular weight is 447 g/mol. The zero-order valence-electron chi connectivity index (χ0n) is 15.7. The van der Waals surface area contributed by atoms with Crippen LogP contribution in [-0.4, -0.2) is 21.3 Å². The maximum Gasteiger partial charge on any atom is 0.158 e. The Labute approximate surface area is 173 Å². The first-order chi connectivity index (χ1) is 12.7. The minimum absolute atomic E-state index is 0. The molecule has 0 N–H and O–H groups in total. The lowest BCUT2D eigenvalue weighted by Crippen LogP contribution is -3.00. The summed E-state index contributed by atoms with van der Waals surface area (Å²) in [6.45, 7) is 0. The molecule has 0 fully saturated rings. The topological polar surface area (TPSA) is 27.7 Å². The summed E-state index contributed by atoms with van der Waals surface area (Å²) in [4.78, 5) is 0. The Hall–Kier alpha value is -2.03. The minimum Gasteiger partial charge on any atom is -1.00 e. The fourth-order valence-corrected chi connectivity index (χ4v) is 4.30. The number of benzene rings is 3. The van der Waals surface area contributed by atoms with E-state index in [-0.39, 0.29) is 17.0 Å². The van der Waals surface area contributed by atoms with Gasteiger partial charge in [0.2, 0.25) is 0 Å². The van der Waals surface area contributed by atoms with Gasteiger partial charge in [-0.05, 0) is 27.4 Å². The number of para-hydroxylation sites is 3. The lowest BCUT2D eigenvalue weighted by molar-refractivity contribution is -0.00000597. The van der Waals surface area contributed by atoms with Crippen molar-refractivity contribution in [2.75, 3.05) is 21.3 Å². The molecule has 3 nitrogen and oxygen atoms in total. The SMILES string of the molecule is COc1ccccc1C([PH3+])(c1ccccc1OC)c1ccccc1OC.[Br-]. The molecule has 3 rings (SSSR count). The second kappa shape index (κ2) is 9.25. The monoisotopic (exact) mass is 446 g/mol. The number of rotatable bonds is 6. The maximum atomic E-state index is 5.70. The van der Waals surface area contributed by atoms with Crippen molar-refractivity contribution >= 4 is 9.24 Å². The largest absolute Gasteiger partial charge is 1.00 e. The van der Waals surface area contributed by atoms with Gasteiger partial charge in [-0.3, -0.25) is 0 Å². The van der Waals surface area contributed by atoms with E-state index < -0.39 is 5.16 Å². The molecule has 27 heavy (non-hydrogen) atoms. The first kappa shape index (κ1) is 21.3. The van der Waals surface area contributed by atoms with Gasteiger partial charge in [-0.15, -0.1) is 0 Å². The van der Waals surface area contributed by atoms with Crippen LogP contribution in [0.5, 0.6) is 17.2 Å². The van der Waals surface area contributed by atoms with E-state index in [1.165, 1.54) is 0 Å². The zero-order chi connectivity index (χ0) is 18.6. The van der Waals surface area contributed by atoms with Crippen LogP contribution in [0.15, 0.2) is 72.8 Å². The van der Waals surface area contributed by atoms with Gasteiger partial charge in [0.25, 0.3) is 0 Å². The van der Waals surface area contributed by atoms with Crippen molar-refractivity contribution in [3.05, 3.63) is 89.5 Å². The van der Waals surface area contributed by atoms with E-state index >= 15 is 0 Å². The van der Waals surface area contributed by atoms with Crippen LogP contribution < -0.4 is 31.2 Å². The van der Waals surface area contributed by atoms with E-state index in [1.54, 1.807) is 21.3 Å². The van der Waals surface area contributed by atoms with Gasteiger partial charge in [-0.25, -0.2) is 0 Å². The maximum absolute atomic E-state index is 5.70. The van der Waals surface area contributed by atoms with Crippen molar-refractivity contribution in [3.8, 4) is 17.2 Å². The average Bonchev–Trinajstić information content (AvgIpc) is 2.73. The summed E-state index contributed by atoms with van der Waals surface area (Å²) < 4.78 is 17.1. The summed E-state index contributed by atoms with van der Waals surface area (Å²) >= 11 is 0. The predicted octanol–water partition coefficient (Wildman–Crippen LogP) is 1.62. The van der Waals surface area contributed by atoms with Crippen LogP contribution in [0.1, 0.15) is 16.7 Å². The van der Waals surface area contributed by atoms with Gasteiger partial charge in [-0.2, -0.15) is 0 Å². The molecule has 1 atom stereocenters. The molecule has 1 unspecified atom stereocenters. The third-order valence-electron chi connectivity index (χ3n) is 4.70. The molecule has 3 aromatic carbocycles. The highest BCUT2D eigenvalue weighted by Crippen LogP contribution is 2.53. The molecule has 0 saturated heterocycles. The second-order valence-corrected chi connectivity index (χ2v) is 7.07. The van der Waals surface area contributed by atoms with Crippen molar-refractivity contribution in [2.45, 2.75) is 5.16 Å². The third kappa shape index (κ3) is 3.83. The van der Waals surface area contributed by atoms with Gasteiger partial charge >= 0.3 is 0 Å². The van der Waals surface area contributed by atoms with Gasteiger partial charge < -0.3 is 31.2 Å². The van der Waals surface area contributed by atoms with Crippen molar-refractivity contribution in [1.82, 2.24) is 0 Å². The predicted molar refractivity (Wildman–Crippen MR) is 110 cm³/mol. The van der Waals surface area contributed by atoms with Crippen molar-refractivity contribution in [2.24, 2.45) is 0 Å². The Morgan fingerprint density at radius 2 is 0.815 bits per heavy atom. The zero-order valence-corrected chi connectivity index (χ0v) is 18.7. The standard InChI is InChI=1S/C22H23O3P.BrH/c1-23-19-13-7-4-10-16(19)22(26,17-11-5-8-14-20(17)24-2)18-12-6-9-15-21(18)25-3;/h4-15H,26H2,1-3H3;1H. The van der Waals surface area contributed by atoms with E-state index in [9.17, 15) is 0 Å². The summed E-state index contributed by atoms with van der Waals surface area (Å²) in [6, 6.07) is 24.3. The van der Waals surface area contributed by atoms with Crippen LogP contribution in [-0.2, 0) is 5.16 Å². The highest BCUT2D eigenvalue weighted by molar-refractivity contribution is 7.19. The smallest absolute Gasteiger partial charge is 0.158 e. The van der Waals surface area contributed by atoms with Gasteiger partial charge in [0, 0.05) is 16.7 Å². The molecule has 0 aliphatic heterocycles. The number of methoxy groups -OCH3 is 3. The van der Waals surface area contributed by atoms with Crippen molar-refractivity contribution < 1.29 is 31.2 Å². The van der Waals surface area contributed by atoms with Gasteiger partial charge in [0.15, 0.2) is 5.16 Å². The van der Waals surface area contributed by atoms with Gasteiger partial charge in [0.05, 0.1) is 21.3 Å².